The number of rotatable bonds is 6. The standard InChI is InChI=1S/C26H21ClFN3O/c1-2-21(22-10-9-20(28)14-23(22)27)26(18-8-11-24-19(13-18)15-30-31-24)17-6-3-16(4-7-17)5-12-25(29)32/h3-15H,2H2,1H3,(H2,29,32)(H,30,31). The topological polar surface area (TPSA) is 71.8 Å². The van der Waals surface area contributed by atoms with Crippen molar-refractivity contribution in [2.45, 2.75) is 13.3 Å². The van der Waals surface area contributed by atoms with Gasteiger partial charge in [0.25, 0.3) is 0 Å². The molecule has 0 saturated carbocycles. The first-order valence-electron chi connectivity index (χ1n) is 10.2. The van der Waals surface area contributed by atoms with Gasteiger partial charge in [0.1, 0.15) is 5.82 Å². The smallest absolute Gasteiger partial charge is 0.241 e. The van der Waals surface area contributed by atoms with E-state index in [0.29, 0.717) is 11.4 Å². The molecule has 1 amide bonds. The second-order valence-corrected chi connectivity index (χ2v) is 7.77. The Kier molecular flexibility index (Phi) is 6.19. The Bertz CT molecular complexity index is 1350. The van der Waals surface area contributed by atoms with Crippen LogP contribution in [0.4, 0.5) is 4.39 Å². The van der Waals surface area contributed by atoms with Crippen molar-refractivity contribution in [2.24, 2.45) is 5.73 Å². The van der Waals surface area contributed by atoms with E-state index in [1.165, 1.54) is 18.2 Å². The van der Waals surface area contributed by atoms with Crippen LogP contribution in [-0.4, -0.2) is 16.1 Å². The van der Waals surface area contributed by atoms with Crippen molar-refractivity contribution in [1.29, 1.82) is 0 Å². The summed E-state index contributed by atoms with van der Waals surface area (Å²) in [4.78, 5) is 11.0. The van der Waals surface area contributed by atoms with E-state index in [1.54, 1.807) is 18.3 Å². The molecule has 32 heavy (non-hydrogen) atoms. The van der Waals surface area contributed by atoms with Crippen LogP contribution in [0.25, 0.3) is 28.1 Å². The van der Waals surface area contributed by atoms with Crippen LogP contribution < -0.4 is 5.73 Å². The predicted octanol–water partition coefficient (Wildman–Crippen LogP) is 6.22. The molecule has 0 aliphatic carbocycles. The molecule has 160 valence electrons. The molecular weight excluding hydrogens is 425 g/mol. The second kappa shape index (κ2) is 9.20. The van der Waals surface area contributed by atoms with E-state index >= 15 is 0 Å². The predicted molar refractivity (Wildman–Crippen MR) is 128 cm³/mol. The van der Waals surface area contributed by atoms with Gasteiger partial charge in [-0.25, -0.2) is 4.39 Å². The molecule has 4 aromatic rings. The zero-order chi connectivity index (χ0) is 22.7. The van der Waals surface area contributed by atoms with Crippen molar-refractivity contribution in [2.75, 3.05) is 0 Å². The first-order chi connectivity index (χ1) is 15.5. The van der Waals surface area contributed by atoms with E-state index in [1.807, 2.05) is 36.4 Å². The number of hydrogen-bond donors (Lipinski definition) is 2. The highest BCUT2D eigenvalue weighted by Crippen LogP contribution is 2.38. The number of nitrogens with two attached hydrogens (primary N) is 1. The molecule has 0 spiro atoms. The third-order valence-corrected chi connectivity index (χ3v) is 5.59. The molecule has 0 atom stereocenters. The Morgan fingerprint density at radius 2 is 1.84 bits per heavy atom. The Morgan fingerprint density at radius 1 is 1.09 bits per heavy atom. The molecule has 0 saturated heterocycles. The number of nitrogens with one attached hydrogen (secondary N) is 1. The van der Waals surface area contributed by atoms with Gasteiger partial charge in [-0.2, -0.15) is 5.10 Å². The molecule has 4 rings (SSSR count). The van der Waals surface area contributed by atoms with Crippen LogP contribution in [0.3, 0.4) is 0 Å². The number of aromatic nitrogens is 2. The van der Waals surface area contributed by atoms with Crippen molar-refractivity contribution in [3.8, 4) is 0 Å². The van der Waals surface area contributed by atoms with Gasteiger partial charge in [-0.1, -0.05) is 54.9 Å². The molecule has 3 N–H and O–H groups in total. The van der Waals surface area contributed by atoms with E-state index in [9.17, 15) is 9.18 Å². The van der Waals surface area contributed by atoms with Gasteiger partial charge in [0.2, 0.25) is 5.91 Å². The Morgan fingerprint density at radius 3 is 2.53 bits per heavy atom. The average Bonchev–Trinajstić information content (AvgIpc) is 3.25. The summed E-state index contributed by atoms with van der Waals surface area (Å²) >= 11 is 6.45. The maximum Gasteiger partial charge on any atom is 0.241 e. The summed E-state index contributed by atoms with van der Waals surface area (Å²) in [6, 6.07) is 18.4. The lowest BCUT2D eigenvalue weighted by Crippen LogP contribution is -2.05. The maximum atomic E-state index is 13.7. The molecular formula is C26H21ClFN3O. The Hall–Kier alpha value is -3.70. The Balaban J connectivity index is 1.93. The van der Waals surface area contributed by atoms with Crippen LogP contribution in [-0.2, 0) is 4.79 Å². The lowest BCUT2D eigenvalue weighted by atomic mass is 9.87. The lowest BCUT2D eigenvalue weighted by molar-refractivity contribution is -0.113. The molecule has 0 bridgehead atoms. The molecule has 1 aromatic heterocycles. The summed E-state index contributed by atoms with van der Waals surface area (Å²) in [5, 5.41) is 8.44. The van der Waals surface area contributed by atoms with Gasteiger partial charge in [0.15, 0.2) is 0 Å². The number of H-pyrrole nitrogens is 1. The molecule has 0 unspecified atom stereocenters. The molecule has 3 aromatic carbocycles. The number of fused-ring (bicyclic) bond motifs is 1. The fourth-order valence-electron chi connectivity index (χ4n) is 3.79. The molecule has 4 nitrogen and oxygen atoms in total. The maximum absolute atomic E-state index is 13.7. The number of nitrogens with zero attached hydrogens (tertiary/aromatic N) is 1. The highest BCUT2D eigenvalue weighted by atomic mass is 35.5. The molecule has 0 fully saturated rings. The number of amides is 1. The van der Waals surface area contributed by atoms with Crippen LogP contribution in [0, 0.1) is 5.82 Å². The van der Waals surface area contributed by atoms with Crippen LogP contribution >= 0.6 is 11.6 Å². The first kappa shape index (κ1) is 21.5. The van der Waals surface area contributed by atoms with E-state index in [2.05, 4.69) is 23.2 Å². The molecule has 6 heteroatoms. The minimum Gasteiger partial charge on any atom is -0.366 e. The van der Waals surface area contributed by atoms with Crippen molar-refractivity contribution in [3.63, 3.8) is 0 Å². The summed E-state index contributed by atoms with van der Waals surface area (Å²) in [6.07, 6.45) is 5.47. The van der Waals surface area contributed by atoms with Gasteiger partial charge in [-0.3, -0.25) is 9.89 Å². The molecule has 0 aliphatic heterocycles. The lowest BCUT2D eigenvalue weighted by Gasteiger charge is -2.17. The summed E-state index contributed by atoms with van der Waals surface area (Å²) in [5.74, 6) is -0.872. The quantitative estimate of drug-likeness (QED) is 0.273. The number of hydrogen-bond acceptors (Lipinski definition) is 2. The number of carbonyl (C=O) groups is 1. The third kappa shape index (κ3) is 4.48. The highest BCUT2D eigenvalue weighted by Gasteiger charge is 2.16. The zero-order valence-corrected chi connectivity index (χ0v) is 18.2. The summed E-state index contributed by atoms with van der Waals surface area (Å²) in [7, 11) is 0. The SMILES string of the molecule is CCC(=C(c1ccc(C=CC(N)=O)cc1)c1ccc2[nH]ncc2c1)c1ccc(F)cc1Cl. The van der Waals surface area contributed by atoms with Crippen molar-refractivity contribution in [3.05, 3.63) is 106 Å². The van der Waals surface area contributed by atoms with Gasteiger partial charge in [-0.15, -0.1) is 0 Å². The monoisotopic (exact) mass is 445 g/mol. The average molecular weight is 446 g/mol. The largest absolute Gasteiger partial charge is 0.366 e. The second-order valence-electron chi connectivity index (χ2n) is 7.36. The minimum atomic E-state index is -0.498. The fraction of sp³-hybridized carbons (Fsp3) is 0.0769. The molecule has 1 heterocycles. The third-order valence-electron chi connectivity index (χ3n) is 5.28. The Labute approximate surface area is 190 Å². The van der Waals surface area contributed by atoms with E-state index in [-0.39, 0.29) is 5.82 Å². The van der Waals surface area contributed by atoms with Crippen molar-refractivity contribution >= 4 is 45.6 Å². The van der Waals surface area contributed by atoms with Gasteiger partial charge in [-0.05, 0) is 70.2 Å². The van der Waals surface area contributed by atoms with Crippen LogP contribution in [0.15, 0.2) is 72.9 Å². The summed E-state index contributed by atoms with van der Waals surface area (Å²) in [6.45, 7) is 2.05. The highest BCUT2D eigenvalue weighted by molar-refractivity contribution is 6.32. The first-order valence-corrected chi connectivity index (χ1v) is 10.5. The normalized spacial score (nSPS) is 12.3. The number of halogens is 2. The number of carbonyl (C=O) groups excluding carboxylic acids is 1. The minimum absolute atomic E-state index is 0.366. The molecule has 0 aliphatic rings. The van der Waals surface area contributed by atoms with Gasteiger partial charge in [0, 0.05) is 11.5 Å². The van der Waals surface area contributed by atoms with E-state index < -0.39 is 5.91 Å². The van der Waals surface area contributed by atoms with Gasteiger partial charge < -0.3 is 5.73 Å². The fourth-order valence-corrected chi connectivity index (χ4v) is 4.07. The van der Waals surface area contributed by atoms with Gasteiger partial charge >= 0.3 is 0 Å². The number of aromatic amines is 1. The number of primary amides is 1. The van der Waals surface area contributed by atoms with Crippen molar-refractivity contribution < 1.29 is 9.18 Å². The van der Waals surface area contributed by atoms with Crippen LogP contribution in [0.1, 0.15) is 35.6 Å². The summed E-state index contributed by atoms with van der Waals surface area (Å²) < 4.78 is 13.7. The van der Waals surface area contributed by atoms with Crippen LogP contribution in [0.5, 0.6) is 0 Å². The van der Waals surface area contributed by atoms with Crippen molar-refractivity contribution in [1.82, 2.24) is 10.2 Å². The van der Waals surface area contributed by atoms with Gasteiger partial charge in [0.05, 0.1) is 16.7 Å². The van der Waals surface area contributed by atoms with Crippen LogP contribution in [0.2, 0.25) is 5.02 Å². The van der Waals surface area contributed by atoms with E-state index in [4.69, 9.17) is 17.3 Å². The molecule has 0 radical (unpaired) electrons. The zero-order valence-electron chi connectivity index (χ0n) is 17.4. The van der Waals surface area contributed by atoms with E-state index in [0.717, 1.165) is 44.3 Å². The number of allylic oxidation sites excluding steroid dienone is 1. The summed E-state index contributed by atoms with van der Waals surface area (Å²) in [5.41, 5.74) is 11.7. The number of benzene rings is 3.